The fourth-order valence-electron chi connectivity index (χ4n) is 3.78. The first kappa shape index (κ1) is 15.3. The van der Waals surface area contributed by atoms with Crippen LogP contribution < -0.4 is 10.6 Å². The fourth-order valence-corrected chi connectivity index (χ4v) is 3.78. The van der Waals surface area contributed by atoms with Crippen LogP contribution in [0.2, 0.25) is 0 Å². The molecule has 0 unspecified atom stereocenters. The van der Waals surface area contributed by atoms with Gasteiger partial charge in [-0.25, -0.2) is 0 Å². The zero-order valence-corrected chi connectivity index (χ0v) is 13.9. The molecule has 0 bridgehead atoms. The number of aromatic nitrogens is 3. The number of aliphatic imine (C=N–C) groups is 1. The molecule has 1 saturated carbocycles. The van der Waals surface area contributed by atoms with E-state index in [1.165, 1.54) is 38.5 Å². The lowest BCUT2D eigenvalue weighted by Gasteiger charge is -2.28. The van der Waals surface area contributed by atoms with Gasteiger partial charge in [-0.05, 0) is 31.1 Å². The maximum absolute atomic E-state index is 4.34. The number of hydrogen-bond acceptors (Lipinski definition) is 3. The number of guanidine groups is 1. The van der Waals surface area contributed by atoms with Crippen molar-refractivity contribution in [2.45, 2.75) is 65.0 Å². The van der Waals surface area contributed by atoms with E-state index in [0.29, 0.717) is 12.0 Å². The Hall–Kier alpha value is -1.59. The van der Waals surface area contributed by atoms with Crippen LogP contribution >= 0.6 is 0 Å². The number of rotatable bonds is 5. The Balaban J connectivity index is 1.52. The van der Waals surface area contributed by atoms with Gasteiger partial charge in [0.25, 0.3) is 0 Å². The zero-order valence-electron chi connectivity index (χ0n) is 13.9. The largest absolute Gasteiger partial charge is 0.356 e. The molecule has 0 radical (unpaired) electrons. The third-order valence-corrected chi connectivity index (χ3v) is 5.37. The lowest BCUT2D eigenvalue weighted by atomic mass is 9.83. The number of hydrogen-bond donors (Lipinski definition) is 2. The highest BCUT2D eigenvalue weighted by Gasteiger charge is 2.31. The Kier molecular flexibility index (Phi) is 4.64. The van der Waals surface area contributed by atoms with Gasteiger partial charge in [0.2, 0.25) is 0 Å². The summed E-state index contributed by atoms with van der Waals surface area (Å²) < 4.78 is 2.23. The topological polar surface area (TPSA) is 67.1 Å². The lowest BCUT2D eigenvalue weighted by Crippen LogP contribution is -2.42. The van der Waals surface area contributed by atoms with Crippen LogP contribution in [0.15, 0.2) is 4.99 Å². The lowest BCUT2D eigenvalue weighted by molar-refractivity contribution is 0.283. The van der Waals surface area contributed by atoms with Crippen molar-refractivity contribution < 1.29 is 0 Å². The second kappa shape index (κ2) is 6.67. The Labute approximate surface area is 132 Å². The predicted molar refractivity (Wildman–Crippen MR) is 87.7 cm³/mol. The Morgan fingerprint density at radius 2 is 2.05 bits per heavy atom. The second-order valence-electron chi connectivity index (χ2n) is 6.63. The Morgan fingerprint density at radius 1 is 1.23 bits per heavy atom. The third kappa shape index (κ3) is 3.10. The minimum atomic E-state index is 0.466. The number of nitrogens with zero attached hydrogens (tertiary/aromatic N) is 4. The molecule has 6 heteroatoms. The average Bonchev–Trinajstić information content (AvgIpc) is 3.25. The first-order valence-corrected chi connectivity index (χ1v) is 8.62. The molecule has 1 aromatic rings. The van der Waals surface area contributed by atoms with Gasteiger partial charge in [0.15, 0.2) is 11.8 Å². The summed E-state index contributed by atoms with van der Waals surface area (Å²) in [7, 11) is 1.83. The summed E-state index contributed by atoms with van der Waals surface area (Å²) in [4.78, 5) is 4.34. The van der Waals surface area contributed by atoms with Gasteiger partial charge in [0, 0.05) is 26.6 Å². The molecule has 6 nitrogen and oxygen atoms in total. The van der Waals surface area contributed by atoms with Crippen LogP contribution in [0, 0.1) is 5.41 Å². The molecular formula is C16H28N6. The van der Waals surface area contributed by atoms with Crippen molar-refractivity contribution in [2.75, 3.05) is 13.6 Å². The van der Waals surface area contributed by atoms with Gasteiger partial charge in [-0.1, -0.05) is 19.8 Å². The van der Waals surface area contributed by atoms with Crippen LogP contribution in [0.3, 0.4) is 0 Å². The van der Waals surface area contributed by atoms with E-state index in [1.54, 1.807) is 0 Å². The summed E-state index contributed by atoms with van der Waals surface area (Å²) >= 11 is 0. The quantitative estimate of drug-likeness (QED) is 0.643. The molecule has 1 aliphatic carbocycles. The molecule has 3 rings (SSSR count). The average molecular weight is 304 g/mol. The van der Waals surface area contributed by atoms with Gasteiger partial charge in [-0.15, -0.1) is 10.2 Å². The van der Waals surface area contributed by atoms with E-state index in [9.17, 15) is 0 Å². The molecular weight excluding hydrogens is 276 g/mol. The van der Waals surface area contributed by atoms with E-state index >= 15 is 0 Å². The molecule has 2 heterocycles. The van der Waals surface area contributed by atoms with Crippen LogP contribution in [0.5, 0.6) is 0 Å². The van der Waals surface area contributed by atoms with E-state index in [4.69, 9.17) is 0 Å². The van der Waals surface area contributed by atoms with Gasteiger partial charge in [-0.2, -0.15) is 0 Å². The van der Waals surface area contributed by atoms with Crippen LogP contribution in [0.1, 0.15) is 57.1 Å². The number of fused-ring (bicyclic) bond motifs is 1. The Bertz CT molecular complexity index is 527. The molecule has 22 heavy (non-hydrogen) atoms. The maximum Gasteiger partial charge on any atom is 0.191 e. The third-order valence-electron chi connectivity index (χ3n) is 5.37. The van der Waals surface area contributed by atoms with Crippen LogP contribution in [0.25, 0.3) is 0 Å². The molecule has 2 N–H and O–H groups in total. The van der Waals surface area contributed by atoms with E-state index in [-0.39, 0.29) is 0 Å². The van der Waals surface area contributed by atoms with Crippen molar-refractivity contribution in [3.8, 4) is 0 Å². The minimum absolute atomic E-state index is 0.466. The van der Waals surface area contributed by atoms with Crippen molar-refractivity contribution >= 4 is 5.96 Å². The van der Waals surface area contributed by atoms with Crippen LogP contribution in [-0.4, -0.2) is 34.3 Å². The first-order valence-electron chi connectivity index (χ1n) is 8.62. The highest BCUT2D eigenvalue weighted by molar-refractivity contribution is 5.79. The molecule has 1 aliphatic heterocycles. The summed E-state index contributed by atoms with van der Waals surface area (Å²) in [5.74, 6) is 3.01. The second-order valence-corrected chi connectivity index (χ2v) is 6.63. The summed E-state index contributed by atoms with van der Waals surface area (Å²) in [6.07, 6.45) is 8.90. The smallest absolute Gasteiger partial charge is 0.191 e. The maximum atomic E-state index is 4.34. The van der Waals surface area contributed by atoms with Crippen molar-refractivity contribution in [3.05, 3.63) is 11.6 Å². The summed E-state index contributed by atoms with van der Waals surface area (Å²) in [6.45, 7) is 5.06. The minimum Gasteiger partial charge on any atom is -0.356 e. The molecule has 122 valence electrons. The zero-order chi connectivity index (χ0) is 15.4. The van der Waals surface area contributed by atoms with E-state index in [0.717, 1.165) is 37.1 Å². The summed E-state index contributed by atoms with van der Waals surface area (Å²) in [5, 5.41) is 15.4. The Morgan fingerprint density at radius 3 is 2.77 bits per heavy atom. The highest BCUT2D eigenvalue weighted by Crippen LogP contribution is 2.40. The van der Waals surface area contributed by atoms with E-state index in [2.05, 4.69) is 37.3 Å². The molecule has 0 saturated heterocycles. The monoisotopic (exact) mass is 304 g/mol. The van der Waals surface area contributed by atoms with Crippen molar-refractivity contribution in [2.24, 2.45) is 10.4 Å². The van der Waals surface area contributed by atoms with Gasteiger partial charge in [0.05, 0.1) is 6.54 Å². The van der Waals surface area contributed by atoms with Gasteiger partial charge in [0.1, 0.15) is 5.82 Å². The standard InChI is InChI=1S/C16H28N6/c1-3-16(8-4-5-9-16)12-19-15(17-2)18-11-14-21-20-13-7-6-10-22(13)14/h3-12H2,1-2H3,(H2,17,18,19). The molecule has 0 atom stereocenters. The summed E-state index contributed by atoms with van der Waals surface area (Å²) in [6, 6.07) is 0. The molecule has 0 spiro atoms. The van der Waals surface area contributed by atoms with E-state index < -0.39 is 0 Å². The number of nitrogens with one attached hydrogen (secondary N) is 2. The van der Waals surface area contributed by atoms with Crippen LogP contribution in [-0.2, 0) is 19.5 Å². The van der Waals surface area contributed by atoms with Crippen molar-refractivity contribution in [1.29, 1.82) is 0 Å². The molecule has 0 aromatic carbocycles. The first-order chi connectivity index (χ1) is 10.8. The molecule has 1 fully saturated rings. The molecule has 0 amide bonds. The number of aryl methyl sites for hydroxylation is 1. The van der Waals surface area contributed by atoms with Gasteiger partial charge < -0.3 is 15.2 Å². The van der Waals surface area contributed by atoms with Gasteiger partial charge in [-0.3, -0.25) is 4.99 Å². The highest BCUT2D eigenvalue weighted by atomic mass is 15.3. The fraction of sp³-hybridized carbons (Fsp3) is 0.812. The predicted octanol–water partition coefficient (Wildman–Crippen LogP) is 1.86. The normalized spacial score (nSPS) is 20.2. The van der Waals surface area contributed by atoms with Crippen molar-refractivity contribution in [1.82, 2.24) is 25.4 Å². The SMILES string of the molecule is CCC1(CNC(=NC)NCc2nnc3n2CCC3)CCCC1. The summed E-state index contributed by atoms with van der Waals surface area (Å²) in [5.41, 5.74) is 0.466. The molecule has 1 aromatic heterocycles. The van der Waals surface area contributed by atoms with E-state index in [1.807, 2.05) is 7.05 Å². The molecule has 2 aliphatic rings. The van der Waals surface area contributed by atoms with Gasteiger partial charge >= 0.3 is 0 Å². The van der Waals surface area contributed by atoms with Crippen molar-refractivity contribution in [3.63, 3.8) is 0 Å². The van der Waals surface area contributed by atoms with Crippen LogP contribution in [0.4, 0.5) is 0 Å².